The van der Waals surface area contributed by atoms with Gasteiger partial charge in [0, 0.05) is 79.2 Å². The van der Waals surface area contributed by atoms with Gasteiger partial charge in [-0.2, -0.15) is 0 Å². The summed E-state index contributed by atoms with van der Waals surface area (Å²) in [4.78, 5) is 86.8. The summed E-state index contributed by atoms with van der Waals surface area (Å²) in [6.45, 7) is 45.4. The van der Waals surface area contributed by atoms with Gasteiger partial charge in [0.05, 0.1) is 295 Å². The number of hydrogen-bond acceptors (Lipinski definition) is 34. The van der Waals surface area contributed by atoms with Crippen LogP contribution in [0.1, 0.15) is 214 Å². The lowest BCUT2D eigenvalue weighted by molar-refractivity contribution is -0.116. The summed E-state index contributed by atoms with van der Waals surface area (Å²) in [5, 5.41) is 18.3. The number of carbonyl (C=O) groups is 6. The molecule has 2 amide bonds. The number of amides is 2. The third kappa shape index (κ3) is 48.6. The number of anilines is 2. The highest BCUT2D eigenvalue weighted by Crippen LogP contribution is 2.44. The number of benzene rings is 4. The molecule has 0 heterocycles. The number of carbonyl (C=O) groups excluding carboxylic acids is 6. The Balaban J connectivity index is 0.845. The van der Waals surface area contributed by atoms with E-state index in [0.29, 0.717) is 171 Å². The Kier molecular flexibility index (Phi) is 59.6. The quantitative estimate of drug-likeness (QED) is 0.0193. The van der Waals surface area contributed by atoms with Crippen molar-refractivity contribution in [3.05, 3.63) is 117 Å². The number of sulfone groups is 2. The summed E-state index contributed by atoms with van der Waals surface area (Å²) < 4.78 is 169. The molecular weight excluding hydrogens is 1880 g/mol. The SMILES string of the molecule is COCCOCC(C)OCC(C)OCC(C)OCC(C)OCC(C)OCC(C)OCC(C)OCC(C)OCC(C)NCCCS(=O)(=O)CCCNCCC(=O)Nc1ccc(-c2ccc(NC(=O)CNCCCS(=O)(=O)CCNC(C)COC(C)COC(C)COC(C)COC(C)COC(C)COC(C)COC(C)COC(C)COCCOC)c3c2C(=O)c2ccccc2C3=O)c2c1C(=O)c1ccccc1C2=O. The average Bonchev–Trinajstić information content (AvgIpc) is 0.717. The van der Waals surface area contributed by atoms with Crippen LogP contribution in [0.2, 0.25) is 0 Å². The molecule has 0 spiro atoms. The predicted octanol–water partition coefficient (Wildman–Crippen LogP) is 10.1. The van der Waals surface area contributed by atoms with E-state index in [1.807, 2.05) is 125 Å². The summed E-state index contributed by atoms with van der Waals surface area (Å²) in [5.41, 5.74) is 0.111. The van der Waals surface area contributed by atoms with E-state index in [4.69, 9.17) is 94.7 Å². The maximum absolute atomic E-state index is 14.9. The fraction of sp³-hybridized carbons (Fsp3) is 0.712. The van der Waals surface area contributed by atoms with E-state index in [1.54, 1.807) is 38.5 Å². The predicted molar refractivity (Wildman–Crippen MR) is 544 cm³/mol. The second-order valence-corrected chi connectivity index (χ2v) is 42.1. The molecule has 0 fully saturated rings. The zero-order chi connectivity index (χ0) is 104. The number of rotatable bonds is 83. The van der Waals surface area contributed by atoms with Crippen molar-refractivity contribution in [2.24, 2.45) is 0 Å². The monoisotopic (exact) mass is 2050 g/mol. The number of ether oxygens (including phenoxy) is 20. The second-order valence-electron chi connectivity index (χ2n) is 37.5. The van der Waals surface area contributed by atoms with Crippen molar-refractivity contribution < 1.29 is 140 Å². The zero-order valence-corrected chi connectivity index (χ0v) is 89.5. The van der Waals surface area contributed by atoms with Crippen LogP contribution in [-0.2, 0) is 124 Å². The van der Waals surface area contributed by atoms with E-state index < -0.39 is 54.6 Å². The minimum Gasteiger partial charge on any atom is -0.382 e. The lowest BCUT2D eigenvalue weighted by Crippen LogP contribution is -2.36. The third-order valence-corrected chi connectivity index (χ3v) is 26.5. The molecule has 0 radical (unpaired) electrons. The number of methoxy groups -OCH3 is 2. The van der Waals surface area contributed by atoms with Crippen LogP contribution in [0.3, 0.4) is 0 Å². The first kappa shape index (κ1) is 124. The average molecular weight is 2050 g/mol. The number of nitrogens with one attached hydrogen (secondary N) is 6. The van der Waals surface area contributed by atoms with Gasteiger partial charge in [-0.25, -0.2) is 16.8 Å². The van der Waals surface area contributed by atoms with E-state index >= 15 is 0 Å². The van der Waals surface area contributed by atoms with Crippen molar-refractivity contribution in [1.82, 2.24) is 21.3 Å². The van der Waals surface area contributed by atoms with Crippen molar-refractivity contribution in [3.8, 4) is 11.1 Å². The zero-order valence-electron chi connectivity index (χ0n) is 87.8. The molecule has 4 aromatic carbocycles. The highest BCUT2D eigenvalue weighted by atomic mass is 32.2. The number of fused-ring (bicyclic) bond motifs is 4. The minimum atomic E-state index is -3.51. The smallest absolute Gasteiger partial charge is 0.238 e. The Hall–Kier alpha value is -6.56. The summed E-state index contributed by atoms with van der Waals surface area (Å²) >= 11 is 0. The normalized spacial score (nSPS) is 16.7. The van der Waals surface area contributed by atoms with Gasteiger partial charge in [-0.3, -0.25) is 28.8 Å². The van der Waals surface area contributed by atoms with Crippen molar-refractivity contribution in [3.63, 3.8) is 0 Å². The number of hydrogen-bond donors (Lipinski definition) is 6. The Labute approximate surface area is 844 Å². The fourth-order valence-corrected chi connectivity index (χ4v) is 17.3. The molecule has 0 saturated carbocycles. The minimum absolute atomic E-state index is 0.00161. The van der Waals surface area contributed by atoms with Crippen LogP contribution in [0.25, 0.3) is 11.1 Å². The first-order valence-electron chi connectivity index (χ1n) is 50.4. The highest BCUT2D eigenvalue weighted by Gasteiger charge is 2.40. The van der Waals surface area contributed by atoms with Crippen molar-refractivity contribution in [2.75, 3.05) is 232 Å². The molecule has 142 heavy (non-hydrogen) atoms. The Morgan fingerprint density at radius 1 is 0.268 bits per heavy atom. The molecule has 2 aliphatic rings. The van der Waals surface area contributed by atoms with Gasteiger partial charge in [0.2, 0.25) is 11.8 Å². The summed E-state index contributed by atoms with van der Waals surface area (Å²) in [6, 6.07) is 18.2. The molecule has 2 aliphatic carbocycles. The van der Waals surface area contributed by atoms with Gasteiger partial charge in [0.25, 0.3) is 0 Å². The van der Waals surface area contributed by atoms with Crippen LogP contribution in [0, 0.1) is 0 Å². The van der Waals surface area contributed by atoms with E-state index in [9.17, 15) is 45.6 Å². The molecule has 0 aromatic heterocycles. The van der Waals surface area contributed by atoms with Crippen molar-refractivity contribution in [1.29, 1.82) is 0 Å². The fourth-order valence-electron chi connectivity index (χ4n) is 14.7. The van der Waals surface area contributed by atoms with Gasteiger partial charge in [-0.1, -0.05) is 60.7 Å². The topological polar surface area (TPSA) is 427 Å². The first-order valence-corrected chi connectivity index (χ1v) is 54.0. The maximum Gasteiger partial charge on any atom is 0.238 e. The number of ketones is 4. The molecule has 18 atom stereocenters. The Bertz CT molecular complexity index is 4580. The summed E-state index contributed by atoms with van der Waals surface area (Å²) in [7, 11) is -3.64. The molecular formula is C104H168N6O30S2. The van der Waals surface area contributed by atoms with Crippen LogP contribution in [-0.4, -0.2) is 383 Å². The standard InChI is InChI=1S/C104H168N6O30S2/c1-69(51-125-73(5)55-129-77(9)59-133-81(13)63-137-85(17)67-139-83(15)65-135-79(11)61-131-75(7)57-127-71(3)53-123-44-42-121-19)107-39-27-48-141(117,118)46-25-37-105-40-36-95(111)109-93-34-32-87(97-99(93)103(115)91-30-23-21-28-89(91)101(97)113)88-33-35-94(100-98(88)102(114)90-29-22-24-31-92(90)104(100)116)110-96(112)50-106-38-26-47-142(119,120)49-41-108-70(2)52-126-74(6)56-130-78(10)60-134-82(14)64-138-86(18)68-140-84(16)66-136-80(12)62-132-76(8)58-128-72(4)54-124-45-43-122-20/h21-24,28-35,69-86,105-108H,25-27,36-68H2,1-20H3,(H,109,111)(H,110,112). The van der Waals surface area contributed by atoms with E-state index in [-0.39, 0.29) is 239 Å². The van der Waals surface area contributed by atoms with Crippen LogP contribution in [0.15, 0.2) is 72.8 Å². The van der Waals surface area contributed by atoms with Crippen molar-refractivity contribution in [2.45, 2.75) is 260 Å². The largest absolute Gasteiger partial charge is 0.382 e. The molecule has 6 rings (SSSR count). The highest BCUT2D eigenvalue weighted by molar-refractivity contribution is 7.91. The van der Waals surface area contributed by atoms with Crippen LogP contribution in [0.4, 0.5) is 11.4 Å². The molecule has 0 saturated heterocycles. The molecule has 18 unspecified atom stereocenters. The first-order chi connectivity index (χ1) is 67.8. The Morgan fingerprint density at radius 3 is 0.824 bits per heavy atom. The van der Waals surface area contributed by atoms with Gasteiger partial charge < -0.3 is 127 Å². The second kappa shape index (κ2) is 68.1. The van der Waals surface area contributed by atoms with Gasteiger partial charge >= 0.3 is 0 Å². The summed E-state index contributed by atoms with van der Waals surface area (Å²) in [5.74, 6) is -3.78. The van der Waals surface area contributed by atoms with Crippen molar-refractivity contribution >= 4 is 66.0 Å². The van der Waals surface area contributed by atoms with Crippen LogP contribution < -0.4 is 31.9 Å². The van der Waals surface area contributed by atoms with E-state index in [1.165, 1.54) is 48.5 Å². The lowest BCUT2D eigenvalue weighted by atomic mass is 9.75. The van der Waals surface area contributed by atoms with Crippen LogP contribution >= 0.6 is 0 Å². The molecule has 38 heteroatoms. The van der Waals surface area contributed by atoms with Gasteiger partial charge in [0.1, 0.15) is 9.84 Å². The molecule has 806 valence electrons. The maximum atomic E-state index is 14.9. The Morgan fingerprint density at radius 2 is 0.521 bits per heavy atom. The third-order valence-electron chi connectivity index (χ3n) is 22.9. The van der Waals surface area contributed by atoms with E-state index in [2.05, 4.69) is 31.9 Å². The lowest BCUT2D eigenvalue weighted by Gasteiger charge is -2.26. The summed E-state index contributed by atoms with van der Waals surface area (Å²) in [6.07, 6.45) is -1.58. The van der Waals surface area contributed by atoms with Gasteiger partial charge in [0.15, 0.2) is 33.0 Å². The van der Waals surface area contributed by atoms with E-state index in [0.717, 1.165) is 0 Å². The molecule has 0 aliphatic heterocycles. The molecule has 0 bridgehead atoms. The van der Waals surface area contributed by atoms with Gasteiger partial charge in [-0.15, -0.1) is 0 Å². The molecule has 36 nitrogen and oxygen atoms in total. The molecule has 6 N–H and O–H groups in total. The van der Waals surface area contributed by atoms with Gasteiger partial charge in [-0.05, 0) is 187 Å². The molecule has 4 aromatic rings. The van der Waals surface area contributed by atoms with Crippen LogP contribution in [0.5, 0.6) is 0 Å².